The SMILES string of the molecule is Cc1ccc(N2C(=O)C(c3ccccc3)=C(N3CCCC(CO)C3)C2=O)cc1Cl. The molecular formula is C23H23ClN2O3. The third-order valence-electron chi connectivity index (χ3n) is 5.63. The molecule has 1 saturated heterocycles. The third-order valence-corrected chi connectivity index (χ3v) is 6.04. The molecule has 2 aromatic carbocycles. The maximum Gasteiger partial charge on any atom is 0.282 e. The van der Waals surface area contributed by atoms with Crippen LogP contribution in [-0.4, -0.2) is 41.5 Å². The Labute approximate surface area is 175 Å². The second-order valence-corrected chi connectivity index (χ2v) is 8.01. The number of carbonyl (C=O) groups is 2. The van der Waals surface area contributed by atoms with E-state index in [1.807, 2.05) is 42.2 Å². The number of likely N-dealkylation sites (tertiary alicyclic amines) is 1. The summed E-state index contributed by atoms with van der Waals surface area (Å²) in [6, 6.07) is 14.5. The molecule has 5 nitrogen and oxygen atoms in total. The highest BCUT2D eigenvalue weighted by molar-refractivity contribution is 6.45. The fourth-order valence-corrected chi connectivity index (χ4v) is 4.22. The van der Waals surface area contributed by atoms with Gasteiger partial charge in [0, 0.05) is 24.7 Å². The fraction of sp³-hybridized carbons (Fsp3) is 0.304. The Hall–Kier alpha value is -2.63. The van der Waals surface area contributed by atoms with Gasteiger partial charge in [0.15, 0.2) is 0 Å². The predicted octanol–water partition coefficient (Wildman–Crippen LogP) is 3.64. The van der Waals surface area contributed by atoms with Crippen LogP contribution in [-0.2, 0) is 9.59 Å². The van der Waals surface area contributed by atoms with Crippen LogP contribution in [0.4, 0.5) is 5.69 Å². The van der Waals surface area contributed by atoms with Gasteiger partial charge in [0.2, 0.25) is 0 Å². The number of piperidine rings is 1. The second-order valence-electron chi connectivity index (χ2n) is 7.61. The maximum absolute atomic E-state index is 13.5. The van der Waals surface area contributed by atoms with Gasteiger partial charge in [-0.3, -0.25) is 9.59 Å². The van der Waals surface area contributed by atoms with Crippen molar-refractivity contribution in [3.05, 3.63) is 70.4 Å². The number of aliphatic hydroxyl groups is 1. The Kier molecular flexibility index (Phi) is 5.43. The first-order chi connectivity index (χ1) is 14.0. The smallest absolute Gasteiger partial charge is 0.282 e. The van der Waals surface area contributed by atoms with Crippen molar-refractivity contribution in [2.75, 3.05) is 24.6 Å². The zero-order valence-electron chi connectivity index (χ0n) is 16.3. The lowest BCUT2D eigenvalue weighted by Gasteiger charge is -2.34. The van der Waals surface area contributed by atoms with Crippen molar-refractivity contribution in [3.63, 3.8) is 0 Å². The number of carbonyl (C=O) groups excluding carboxylic acids is 2. The number of aliphatic hydroxyl groups excluding tert-OH is 1. The van der Waals surface area contributed by atoms with Crippen LogP contribution in [0.5, 0.6) is 0 Å². The van der Waals surface area contributed by atoms with Gasteiger partial charge < -0.3 is 10.0 Å². The van der Waals surface area contributed by atoms with E-state index < -0.39 is 0 Å². The number of aryl methyl sites for hydroxylation is 1. The number of halogens is 1. The van der Waals surface area contributed by atoms with E-state index >= 15 is 0 Å². The largest absolute Gasteiger partial charge is 0.396 e. The molecule has 1 atom stereocenters. The minimum absolute atomic E-state index is 0.0733. The molecule has 1 N–H and O–H groups in total. The van der Waals surface area contributed by atoms with E-state index in [9.17, 15) is 14.7 Å². The number of rotatable bonds is 4. The number of hydrogen-bond acceptors (Lipinski definition) is 4. The lowest BCUT2D eigenvalue weighted by Crippen LogP contribution is -2.40. The van der Waals surface area contributed by atoms with Gasteiger partial charge in [-0.15, -0.1) is 0 Å². The minimum atomic E-state index is -0.345. The quantitative estimate of drug-likeness (QED) is 0.782. The molecule has 2 aromatic rings. The average Bonchev–Trinajstić information content (AvgIpc) is 3.01. The zero-order chi connectivity index (χ0) is 20.5. The van der Waals surface area contributed by atoms with Crippen molar-refractivity contribution in [2.45, 2.75) is 19.8 Å². The Balaban J connectivity index is 1.81. The number of hydrogen-bond donors (Lipinski definition) is 1. The van der Waals surface area contributed by atoms with Crippen molar-refractivity contribution >= 4 is 34.7 Å². The summed E-state index contributed by atoms with van der Waals surface area (Å²) < 4.78 is 0. The first-order valence-corrected chi connectivity index (χ1v) is 10.2. The Morgan fingerprint density at radius 2 is 1.86 bits per heavy atom. The van der Waals surface area contributed by atoms with Crippen LogP contribution in [0.25, 0.3) is 5.57 Å². The van der Waals surface area contributed by atoms with E-state index in [2.05, 4.69) is 0 Å². The molecule has 0 saturated carbocycles. The summed E-state index contributed by atoms with van der Waals surface area (Å²) in [6.07, 6.45) is 1.79. The summed E-state index contributed by atoms with van der Waals surface area (Å²) in [4.78, 5) is 30.1. The van der Waals surface area contributed by atoms with E-state index in [1.165, 1.54) is 4.90 Å². The lowest BCUT2D eigenvalue weighted by molar-refractivity contribution is -0.120. The van der Waals surface area contributed by atoms with E-state index in [-0.39, 0.29) is 24.3 Å². The molecule has 0 radical (unpaired) electrons. The van der Waals surface area contributed by atoms with E-state index in [0.717, 1.165) is 18.4 Å². The molecule has 0 aromatic heterocycles. The van der Waals surface area contributed by atoms with Gasteiger partial charge in [-0.05, 0) is 48.9 Å². The first-order valence-electron chi connectivity index (χ1n) is 9.81. The summed E-state index contributed by atoms with van der Waals surface area (Å²) in [5.41, 5.74) is 2.89. The standard InChI is InChI=1S/C23H23ClN2O3/c1-15-9-10-18(12-19(15)24)26-22(28)20(17-7-3-2-4-8-17)21(23(26)29)25-11-5-6-16(13-25)14-27/h2-4,7-10,12,16,27H,5-6,11,13-14H2,1H3. The highest BCUT2D eigenvalue weighted by atomic mass is 35.5. The van der Waals surface area contributed by atoms with Gasteiger partial charge >= 0.3 is 0 Å². The third kappa shape index (κ3) is 3.56. The van der Waals surface area contributed by atoms with E-state index in [0.29, 0.717) is 40.6 Å². The van der Waals surface area contributed by atoms with E-state index in [1.54, 1.807) is 18.2 Å². The fourth-order valence-electron chi connectivity index (χ4n) is 4.05. The Bertz CT molecular complexity index is 987. The van der Waals surface area contributed by atoms with Crippen LogP contribution in [0.3, 0.4) is 0 Å². The van der Waals surface area contributed by atoms with Gasteiger partial charge in [-0.25, -0.2) is 4.90 Å². The Morgan fingerprint density at radius 1 is 1.10 bits per heavy atom. The number of nitrogens with zero attached hydrogens (tertiary/aromatic N) is 2. The summed E-state index contributed by atoms with van der Waals surface area (Å²) in [5, 5.41) is 10.1. The average molecular weight is 411 g/mol. The van der Waals surface area contributed by atoms with Crippen LogP contribution in [0.1, 0.15) is 24.0 Å². The normalized spacial score (nSPS) is 20.0. The molecular weight excluding hydrogens is 388 g/mol. The van der Waals surface area contributed by atoms with Crippen LogP contribution in [0.2, 0.25) is 5.02 Å². The summed E-state index contributed by atoms with van der Waals surface area (Å²) in [5.74, 6) is -0.589. The molecule has 6 heteroatoms. The molecule has 150 valence electrons. The van der Waals surface area contributed by atoms with Crippen molar-refractivity contribution in [3.8, 4) is 0 Å². The molecule has 0 bridgehead atoms. The Morgan fingerprint density at radius 3 is 2.55 bits per heavy atom. The van der Waals surface area contributed by atoms with Crippen molar-refractivity contribution < 1.29 is 14.7 Å². The molecule has 2 amide bonds. The van der Waals surface area contributed by atoms with Crippen molar-refractivity contribution in [2.24, 2.45) is 5.92 Å². The van der Waals surface area contributed by atoms with Crippen LogP contribution in [0.15, 0.2) is 54.2 Å². The molecule has 4 rings (SSSR count). The molecule has 2 aliphatic rings. The van der Waals surface area contributed by atoms with E-state index in [4.69, 9.17) is 11.6 Å². The zero-order valence-corrected chi connectivity index (χ0v) is 17.0. The first kappa shape index (κ1) is 19.7. The van der Waals surface area contributed by atoms with Crippen molar-refractivity contribution in [1.82, 2.24) is 4.90 Å². The monoisotopic (exact) mass is 410 g/mol. The van der Waals surface area contributed by atoms with Gasteiger partial charge in [-0.2, -0.15) is 0 Å². The van der Waals surface area contributed by atoms with Gasteiger partial charge in [0.25, 0.3) is 11.8 Å². The van der Waals surface area contributed by atoms with Crippen LogP contribution >= 0.6 is 11.6 Å². The maximum atomic E-state index is 13.5. The lowest BCUT2D eigenvalue weighted by atomic mass is 9.97. The molecule has 0 spiro atoms. The molecule has 2 heterocycles. The van der Waals surface area contributed by atoms with Crippen molar-refractivity contribution in [1.29, 1.82) is 0 Å². The highest BCUT2D eigenvalue weighted by Gasteiger charge is 2.43. The summed E-state index contributed by atoms with van der Waals surface area (Å²) >= 11 is 6.26. The highest BCUT2D eigenvalue weighted by Crippen LogP contribution is 2.37. The number of imide groups is 1. The van der Waals surface area contributed by atoms with Crippen LogP contribution in [0, 0.1) is 12.8 Å². The molecule has 1 fully saturated rings. The van der Waals surface area contributed by atoms with Gasteiger partial charge in [-0.1, -0.05) is 48.0 Å². The second kappa shape index (κ2) is 8.01. The number of benzene rings is 2. The minimum Gasteiger partial charge on any atom is -0.396 e. The molecule has 2 aliphatic heterocycles. The number of amides is 2. The summed E-state index contributed by atoms with van der Waals surface area (Å²) in [7, 11) is 0. The van der Waals surface area contributed by atoms with Crippen LogP contribution < -0.4 is 4.90 Å². The molecule has 1 unspecified atom stereocenters. The van der Waals surface area contributed by atoms with Gasteiger partial charge in [0.1, 0.15) is 5.70 Å². The predicted molar refractivity (Wildman–Crippen MR) is 113 cm³/mol. The molecule has 29 heavy (non-hydrogen) atoms. The number of anilines is 1. The molecule has 0 aliphatic carbocycles. The van der Waals surface area contributed by atoms with Gasteiger partial charge in [0.05, 0.1) is 11.3 Å². The summed E-state index contributed by atoms with van der Waals surface area (Å²) in [6.45, 7) is 3.19. The topological polar surface area (TPSA) is 60.9 Å².